The van der Waals surface area contributed by atoms with E-state index in [1.54, 1.807) is 4.90 Å². The van der Waals surface area contributed by atoms with Crippen molar-refractivity contribution in [1.29, 1.82) is 0 Å². The summed E-state index contributed by atoms with van der Waals surface area (Å²) in [6.45, 7) is 0.570. The molecule has 0 saturated carbocycles. The summed E-state index contributed by atoms with van der Waals surface area (Å²) in [6.07, 6.45) is 10.4. The molecule has 0 aromatic carbocycles. The molecule has 0 atom stereocenters. The minimum absolute atomic E-state index is 0.0385. The summed E-state index contributed by atoms with van der Waals surface area (Å²) in [6, 6.07) is 0. The molecule has 0 spiro atoms. The molecular formula is C9H10N6. The Bertz CT molecular complexity index is 391. The van der Waals surface area contributed by atoms with Crippen LogP contribution in [0.5, 0.6) is 0 Å². The van der Waals surface area contributed by atoms with Crippen LogP contribution in [0.15, 0.2) is 0 Å². The van der Waals surface area contributed by atoms with E-state index < -0.39 is 0 Å². The Morgan fingerprint density at radius 3 is 1.87 bits per heavy atom. The summed E-state index contributed by atoms with van der Waals surface area (Å²) in [5.74, 6) is 5.24. The molecule has 4 N–H and O–H groups in total. The Morgan fingerprint density at radius 1 is 1.00 bits per heavy atom. The topological polar surface area (TPSA) is 94.0 Å². The monoisotopic (exact) mass is 202 g/mol. The normalized spacial score (nSPS) is 8.93. The number of terminal acetylenes is 2. The van der Waals surface area contributed by atoms with E-state index in [0.717, 1.165) is 0 Å². The van der Waals surface area contributed by atoms with E-state index in [1.807, 2.05) is 0 Å². The summed E-state index contributed by atoms with van der Waals surface area (Å²) in [7, 11) is 0. The fourth-order valence-electron chi connectivity index (χ4n) is 0.956. The second-order valence-electron chi connectivity index (χ2n) is 2.62. The Labute approximate surface area is 87.7 Å². The Morgan fingerprint density at radius 2 is 1.47 bits per heavy atom. The van der Waals surface area contributed by atoms with Gasteiger partial charge in [-0.25, -0.2) is 0 Å². The summed E-state index contributed by atoms with van der Waals surface area (Å²) in [5, 5.41) is 0. The zero-order valence-corrected chi connectivity index (χ0v) is 8.01. The Balaban J connectivity index is 3.01. The Kier molecular flexibility index (Phi) is 3.31. The maximum Gasteiger partial charge on any atom is 0.233 e. The van der Waals surface area contributed by atoms with Gasteiger partial charge in [0.25, 0.3) is 0 Å². The van der Waals surface area contributed by atoms with Crippen LogP contribution in [0.25, 0.3) is 0 Å². The lowest BCUT2D eigenvalue weighted by atomic mass is 10.5. The van der Waals surface area contributed by atoms with E-state index in [1.165, 1.54) is 0 Å². The van der Waals surface area contributed by atoms with Gasteiger partial charge in [0.15, 0.2) is 0 Å². The van der Waals surface area contributed by atoms with Gasteiger partial charge in [0.2, 0.25) is 17.8 Å². The van der Waals surface area contributed by atoms with Crippen molar-refractivity contribution in [1.82, 2.24) is 15.0 Å². The molecule has 0 aliphatic carbocycles. The van der Waals surface area contributed by atoms with Gasteiger partial charge in [-0.15, -0.1) is 12.8 Å². The van der Waals surface area contributed by atoms with Crippen molar-refractivity contribution in [3.05, 3.63) is 0 Å². The molecule has 0 saturated heterocycles. The van der Waals surface area contributed by atoms with E-state index in [2.05, 4.69) is 26.8 Å². The summed E-state index contributed by atoms with van der Waals surface area (Å²) in [5.41, 5.74) is 10.8. The highest BCUT2D eigenvalue weighted by Gasteiger charge is 2.09. The van der Waals surface area contributed by atoms with Crippen molar-refractivity contribution in [2.75, 3.05) is 29.5 Å². The SMILES string of the molecule is C#CCN(CC#C)c1nc(N)nc(N)n1. The highest BCUT2D eigenvalue weighted by atomic mass is 15.3. The molecule has 0 bridgehead atoms. The van der Waals surface area contributed by atoms with Gasteiger partial charge in [0.1, 0.15) is 0 Å². The van der Waals surface area contributed by atoms with Crippen LogP contribution in [-0.2, 0) is 0 Å². The number of hydrogen-bond acceptors (Lipinski definition) is 6. The maximum absolute atomic E-state index is 5.42. The first-order valence-corrected chi connectivity index (χ1v) is 4.06. The van der Waals surface area contributed by atoms with E-state index in [0.29, 0.717) is 0 Å². The number of nitrogen functional groups attached to an aromatic ring is 2. The van der Waals surface area contributed by atoms with Gasteiger partial charge < -0.3 is 16.4 Å². The fraction of sp³-hybridized carbons (Fsp3) is 0.222. The molecular weight excluding hydrogens is 192 g/mol. The van der Waals surface area contributed by atoms with Crippen molar-refractivity contribution in [3.63, 3.8) is 0 Å². The molecule has 0 aliphatic heterocycles. The zero-order chi connectivity index (χ0) is 11.3. The molecule has 0 fully saturated rings. The predicted molar refractivity (Wildman–Crippen MR) is 58.5 cm³/mol. The molecule has 0 radical (unpaired) electrons. The van der Waals surface area contributed by atoms with Crippen molar-refractivity contribution < 1.29 is 0 Å². The molecule has 0 amide bonds. The first-order valence-electron chi connectivity index (χ1n) is 4.06. The number of aromatic nitrogens is 3. The maximum atomic E-state index is 5.42. The van der Waals surface area contributed by atoms with Crippen molar-refractivity contribution in [2.24, 2.45) is 0 Å². The van der Waals surface area contributed by atoms with E-state index >= 15 is 0 Å². The highest BCUT2D eigenvalue weighted by Crippen LogP contribution is 2.08. The van der Waals surface area contributed by atoms with Crippen LogP contribution in [0.2, 0.25) is 0 Å². The highest BCUT2D eigenvalue weighted by molar-refractivity contribution is 5.41. The summed E-state index contributed by atoms with van der Waals surface area (Å²) >= 11 is 0. The van der Waals surface area contributed by atoms with Crippen molar-refractivity contribution in [3.8, 4) is 24.7 Å². The second-order valence-corrected chi connectivity index (χ2v) is 2.62. The third kappa shape index (κ3) is 2.75. The molecule has 0 unspecified atom stereocenters. The average Bonchev–Trinajstić information content (AvgIpc) is 2.16. The minimum atomic E-state index is 0.0385. The molecule has 76 valence electrons. The summed E-state index contributed by atoms with van der Waals surface area (Å²) < 4.78 is 0. The molecule has 6 heteroatoms. The first-order chi connectivity index (χ1) is 7.17. The lowest BCUT2D eigenvalue weighted by Crippen LogP contribution is -2.26. The number of nitrogens with zero attached hydrogens (tertiary/aromatic N) is 4. The van der Waals surface area contributed by atoms with Crippen LogP contribution in [0, 0.1) is 24.7 Å². The van der Waals surface area contributed by atoms with E-state index in [4.69, 9.17) is 24.3 Å². The van der Waals surface area contributed by atoms with E-state index in [9.17, 15) is 0 Å². The summed E-state index contributed by atoms with van der Waals surface area (Å²) in [4.78, 5) is 13.0. The predicted octanol–water partition coefficient (Wildman–Crippen LogP) is -0.891. The molecule has 1 heterocycles. The van der Waals surface area contributed by atoms with Crippen LogP contribution >= 0.6 is 0 Å². The van der Waals surface area contributed by atoms with Gasteiger partial charge in [0.05, 0.1) is 13.1 Å². The number of rotatable bonds is 3. The largest absolute Gasteiger partial charge is 0.368 e. The molecule has 1 rings (SSSR count). The zero-order valence-electron chi connectivity index (χ0n) is 8.01. The number of hydrogen-bond donors (Lipinski definition) is 2. The third-order valence-corrected chi connectivity index (χ3v) is 1.51. The number of anilines is 3. The molecule has 0 aliphatic rings. The first kappa shape index (κ1) is 10.6. The minimum Gasteiger partial charge on any atom is -0.368 e. The van der Waals surface area contributed by atoms with Gasteiger partial charge in [-0.05, 0) is 0 Å². The average molecular weight is 202 g/mol. The number of nitrogens with two attached hydrogens (primary N) is 2. The molecule has 6 nitrogen and oxygen atoms in total. The van der Waals surface area contributed by atoms with Crippen LogP contribution < -0.4 is 16.4 Å². The lowest BCUT2D eigenvalue weighted by Gasteiger charge is -2.16. The lowest BCUT2D eigenvalue weighted by molar-refractivity contribution is 0.899. The Hall–Kier alpha value is -2.47. The van der Waals surface area contributed by atoms with Crippen LogP contribution in [0.1, 0.15) is 0 Å². The molecule has 1 aromatic rings. The van der Waals surface area contributed by atoms with Gasteiger partial charge >= 0.3 is 0 Å². The van der Waals surface area contributed by atoms with Gasteiger partial charge in [-0.2, -0.15) is 15.0 Å². The fourth-order valence-corrected chi connectivity index (χ4v) is 0.956. The van der Waals surface area contributed by atoms with Crippen molar-refractivity contribution in [2.45, 2.75) is 0 Å². The second kappa shape index (κ2) is 4.68. The van der Waals surface area contributed by atoms with Gasteiger partial charge in [0, 0.05) is 0 Å². The quantitative estimate of drug-likeness (QED) is 0.617. The van der Waals surface area contributed by atoms with E-state index in [-0.39, 0.29) is 30.9 Å². The van der Waals surface area contributed by atoms with Gasteiger partial charge in [-0.1, -0.05) is 11.8 Å². The van der Waals surface area contributed by atoms with Crippen LogP contribution in [0.3, 0.4) is 0 Å². The van der Waals surface area contributed by atoms with Crippen LogP contribution in [0.4, 0.5) is 17.8 Å². The smallest absolute Gasteiger partial charge is 0.233 e. The third-order valence-electron chi connectivity index (χ3n) is 1.51. The van der Waals surface area contributed by atoms with Crippen molar-refractivity contribution >= 4 is 17.8 Å². The standard InChI is InChI=1S/C9H10N6/c1-3-5-15(6-4-2)9-13-7(10)12-8(11)14-9/h1-2H,5-6H2,(H4,10,11,12,13,14). The molecule has 15 heavy (non-hydrogen) atoms. The molecule has 1 aromatic heterocycles. The van der Waals surface area contributed by atoms with Gasteiger partial charge in [-0.3, -0.25) is 0 Å². The van der Waals surface area contributed by atoms with Crippen LogP contribution in [-0.4, -0.2) is 28.0 Å².